The van der Waals surface area contributed by atoms with E-state index < -0.39 is 0 Å². The summed E-state index contributed by atoms with van der Waals surface area (Å²) in [5.41, 5.74) is 0. The number of hydrogen-bond donors (Lipinski definition) is 1. The molecular formula is C11H17FN2. The Hall–Kier alpha value is -1.12. The van der Waals surface area contributed by atoms with Gasteiger partial charge in [-0.25, -0.2) is 9.37 Å². The number of anilines is 1. The van der Waals surface area contributed by atoms with E-state index in [-0.39, 0.29) is 11.9 Å². The minimum absolute atomic E-state index is 0.240. The van der Waals surface area contributed by atoms with E-state index in [0.29, 0.717) is 11.7 Å². The molecule has 0 saturated heterocycles. The lowest BCUT2D eigenvalue weighted by atomic mass is 10.0. The molecule has 0 bridgehead atoms. The fourth-order valence-corrected chi connectivity index (χ4v) is 1.20. The maximum absolute atomic E-state index is 13.2. The zero-order valence-electron chi connectivity index (χ0n) is 8.92. The van der Waals surface area contributed by atoms with Crippen molar-refractivity contribution in [2.75, 3.05) is 5.32 Å². The van der Waals surface area contributed by atoms with E-state index in [9.17, 15) is 4.39 Å². The van der Waals surface area contributed by atoms with Gasteiger partial charge in [0.25, 0.3) is 0 Å². The molecule has 1 aromatic heterocycles. The van der Waals surface area contributed by atoms with Crippen LogP contribution in [0.3, 0.4) is 0 Å². The molecule has 0 aliphatic carbocycles. The quantitative estimate of drug-likeness (QED) is 0.800. The molecule has 0 fully saturated rings. The first-order valence-corrected chi connectivity index (χ1v) is 5.02. The number of nitrogens with zero attached hydrogens (tertiary/aromatic N) is 1. The first-order chi connectivity index (χ1) is 6.65. The molecule has 0 saturated carbocycles. The molecule has 0 amide bonds. The molecule has 0 spiro atoms. The van der Waals surface area contributed by atoms with Crippen molar-refractivity contribution in [1.29, 1.82) is 0 Å². The van der Waals surface area contributed by atoms with Crippen LogP contribution >= 0.6 is 0 Å². The van der Waals surface area contributed by atoms with E-state index in [0.717, 1.165) is 6.42 Å². The van der Waals surface area contributed by atoms with E-state index in [1.165, 1.54) is 6.07 Å². The van der Waals surface area contributed by atoms with Crippen LogP contribution in [0.4, 0.5) is 10.2 Å². The third-order valence-corrected chi connectivity index (χ3v) is 2.62. The molecular weight excluding hydrogens is 179 g/mol. The Morgan fingerprint density at radius 2 is 2.21 bits per heavy atom. The van der Waals surface area contributed by atoms with Gasteiger partial charge in [-0.3, -0.25) is 0 Å². The molecule has 0 aromatic carbocycles. The second-order valence-corrected chi connectivity index (χ2v) is 3.65. The smallest absolute Gasteiger partial charge is 0.165 e. The standard InChI is InChI=1S/C11H17FN2/c1-4-8(2)9(3)14-11-10(12)6-5-7-13-11/h5-9H,4H2,1-3H3,(H,13,14). The van der Waals surface area contributed by atoms with Gasteiger partial charge in [-0.2, -0.15) is 0 Å². The summed E-state index contributed by atoms with van der Waals surface area (Å²) in [6.07, 6.45) is 2.66. The summed E-state index contributed by atoms with van der Waals surface area (Å²) in [7, 11) is 0. The summed E-state index contributed by atoms with van der Waals surface area (Å²) >= 11 is 0. The molecule has 0 radical (unpaired) electrons. The van der Waals surface area contributed by atoms with E-state index in [2.05, 4.69) is 24.1 Å². The lowest BCUT2D eigenvalue weighted by molar-refractivity contribution is 0.490. The topological polar surface area (TPSA) is 24.9 Å². The van der Waals surface area contributed by atoms with Crippen molar-refractivity contribution in [3.63, 3.8) is 0 Å². The zero-order chi connectivity index (χ0) is 10.6. The van der Waals surface area contributed by atoms with Crippen molar-refractivity contribution in [3.05, 3.63) is 24.1 Å². The normalized spacial score (nSPS) is 14.9. The van der Waals surface area contributed by atoms with Gasteiger partial charge < -0.3 is 5.32 Å². The van der Waals surface area contributed by atoms with Crippen LogP contribution in [0.15, 0.2) is 18.3 Å². The molecule has 2 nitrogen and oxygen atoms in total. The lowest BCUT2D eigenvalue weighted by Gasteiger charge is -2.20. The highest BCUT2D eigenvalue weighted by Crippen LogP contribution is 2.15. The van der Waals surface area contributed by atoms with Crippen LogP contribution < -0.4 is 5.32 Å². The predicted molar refractivity (Wildman–Crippen MR) is 56.7 cm³/mol. The number of halogens is 1. The first kappa shape index (κ1) is 11.0. The molecule has 78 valence electrons. The Balaban J connectivity index is 2.64. The van der Waals surface area contributed by atoms with Crippen molar-refractivity contribution in [3.8, 4) is 0 Å². The average Bonchev–Trinajstić information content (AvgIpc) is 2.20. The predicted octanol–water partition coefficient (Wildman–Crippen LogP) is 3.07. The number of pyridine rings is 1. The average molecular weight is 196 g/mol. The van der Waals surface area contributed by atoms with Crippen LogP contribution in [0.5, 0.6) is 0 Å². The van der Waals surface area contributed by atoms with Gasteiger partial charge in [0, 0.05) is 12.2 Å². The van der Waals surface area contributed by atoms with Crippen LogP contribution in [0.1, 0.15) is 27.2 Å². The lowest BCUT2D eigenvalue weighted by Crippen LogP contribution is -2.24. The third kappa shape index (κ3) is 2.69. The SMILES string of the molecule is CCC(C)C(C)Nc1ncccc1F. The van der Waals surface area contributed by atoms with Gasteiger partial charge in [-0.1, -0.05) is 20.3 Å². The zero-order valence-corrected chi connectivity index (χ0v) is 8.92. The fourth-order valence-electron chi connectivity index (χ4n) is 1.20. The molecule has 1 heterocycles. The van der Waals surface area contributed by atoms with Gasteiger partial charge in [0.2, 0.25) is 0 Å². The summed E-state index contributed by atoms with van der Waals surface area (Å²) < 4.78 is 13.2. The molecule has 1 rings (SSSR count). The summed E-state index contributed by atoms with van der Waals surface area (Å²) in [6, 6.07) is 3.25. The fraction of sp³-hybridized carbons (Fsp3) is 0.545. The first-order valence-electron chi connectivity index (χ1n) is 5.02. The molecule has 1 N–H and O–H groups in total. The van der Waals surface area contributed by atoms with Crippen molar-refractivity contribution in [2.24, 2.45) is 5.92 Å². The Morgan fingerprint density at radius 3 is 2.79 bits per heavy atom. The Morgan fingerprint density at radius 1 is 1.50 bits per heavy atom. The van der Waals surface area contributed by atoms with Crippen molar-refractivity contribution < 1.29 is 4.39 Å². The summed E-state index contributed by atoms with van der Waals surface area (Å²) in [5.74, 6) is 0.569. The Kier molecular flexibility index (Phi) is 3.86. The van der Waals surface area contributed by atoms with Crippen LogP contribution in [0.2, 0.25) is 0 Å². The Bertz CT molecular complexity index is 288. The summed E-state index contributed by atoms with van der Waals surface area (Å²) in [5, 5.41) is 3.07. The van der Waals surface area contributed by atoms with Crippen LogP contribution in [-0.2, 0) is 0 Å². The minimum atomic E-state index is -0.289. The van der Waals surface area contributed by atoms with Gasteiger partial charge in [0.05, 0.1) is 0 Å². The highest BCUT2D eigenvalue weighted by Gasteiger charge is 2.12. The maximum Gasteiger partial charge on any atom is 0.165 e. The molecule has 2 unspecified atom stereocenters. The van der Waals surface area contributed by atoms with Crippen LogP contribution in [0, 0.1) is 11.7 Å². The highest BCUT2D eigenvalue weighted by atomic mass is 19.1. The largest absolute Gasteiger partial charge is 0.365 e. The van der Waals surface area contributed by atoms with E-state index >= 15 is 0 Å². The van der Waals surface area contributed by atoms with E-state index in [4.69, 9.17) is 0 Å². The van der Waals surface area contributed by atoms with Crippen LogP contribution in [0.25, 0.3) is 0 Å². The molecule has 0 aliphatic rings. The van der Waals surface area contributed by atoms with Crippen molar-refractivity contribution in [1.82, 2.24) is 4.98 Å². The van der Waals surface area contributed by atoms with Gasteiger partial charge >= 0.3 is 0 Å². The molecule has 14 heavy (non-hydrogen) atoms. The van der Waals surface area contributed by atoms with Gasteiger partial charge in [0.1, 0.15) is 0 Å². The molecule has 3 heteroatoms. The van der Waals surface area contributed by atoms with E-state index in [1.54, 1.807) is 12.3 Å². The summed E-state index contributed by atoms with van der Waals surface area (Å²) in [6.45, 7) is 6.30. The Labute approximate surface area is 84.6 Å². The van der Waals surface area contributed by atoms with Gasteiger partial charge in [-0.05, 0) is 25.0 Å². The van der Waals surface area contributed by atoms with Crippen molar-refractivity contribution in [2.45, 2.75) is 33.2 Å². The third-order valence-electron chi connectivity index (χ3n) is 2.62. The molecule has 1 aromatic rings. The second kappa shape index (κ2) is 4.94. The molecule has 0 aliphatic heterocycles. The maximum atomic E-state index is 13.2. The number of rotatable bonds is 4. The van der Waals surface area contributed by atoms with Crippen LogP contribution in [-0.4, -0.2) is 11.0 Å². The monoisotopic (exact) mass is 196 g/mol. The second-order valence-electron chi connectivity index (χ2n) is 3.65. The number of hydrogen-bond acceptors (Lipinski definition) is 2. The number of nitrogens with one attached hydrogen (secondary N) is 1. The number of aromatic nitrogens is 1. The van der Waals surface area contributed by atoms with Crippen molar-refractivity contribution >= 4 is 5.82 Å². The minimum Gasteiger partial charge on any atom is -0.365 e. The highest BCUT2D eigenvalue weighted by molar-refractivity contribution is 5.36. The van der Waals surface area contributed by atoms with E-state index in [1.807, 2.05) is 6.92 Å². The molecule has 2 atom stereocenters. The van der Waals surface area contributed by atoms with Gasteiger partial charge in [0.15, 0.2) is 11.6 Å². The summed E-state index contributed by atoms with van der Waals surface area (Å²) in [4.78, 5) is 3.95. The van der Waals surface area contributed by atoms with Gasteiger partial charge in [-0.15, -0.1) is 0 Å².